The van der Waals surface area contributed by atoms with E-state index < -0.39 is 30.4 Å². The van der Waals surface area contributed by atoms with Gasteiger partial charge in [0, 0.05) is 18.3 Å². The Morgan fingerprint density at radius 2 is 1.86 bits per heavy atom. The Bertz CT molecular complexity index is 1010. The van der Waals surface area contributed by atoms with Crippen LogP contribution in [0.4, 0.5) is 17.6 Å². The third-order valence-electron chi connectivity index (χ3n) is 3.59. The molecular formula is C16H13F4N5O2S. The maximum absolute atomic E-state index is 13.9. The zero-order valence-corrected chi connectivity index (χ0v) is 14.9. The predicted molar refractivity (Wildman–Crippen MR) is 92.0 cm³/mol. The van der Waals surface area contributed by atoms with E-state index >= 15 is 0 Å². The van der Waals surface area contributed by atoms with E-state index in [-0.39, 0.29) is 24.4 Å². The summed E-state index contributed by atoms with van der Waals surface area (Å²) in [7, 11) is 0. The van der Waals surface area contributed by atoms with Gasteiger partial charge in [-0.2, -0.15) is 18.2 Å². The van der Waals surface area contributed by atoms with E-state index in [4.69, 9.17) is 0 Å². The molecule has 0 aliphatic carbocycles. The Kier molecular flexibility index (Phi) is 5.58. The average Bonchev–Trinajstić information content (AvgIpc) is 3.21. The van der Waals surface area contributed by atoms with Crippen molar-refractivity contribution in [2.45, 2.75) is 12.6 Å². The number of thiazole rings is 1. The lowest BCUT2D eigenvalue weighted by atomic mass is 10.2. The van der Waals surface area contributed by atoms with Gasteiger partial charge in [0.25, 0.3) is 0 Å². The van der Waals surface area contributed by atoms with Crippen LogP contribution in [0, 0.1) is 5.82 Å². The monoisotopic (exact) mass is 415 g/mol. The molecule has 1 aromatic carbocycles. The van der Waals surface area contributed by atoms with E-state index in [9.17, 15) is 27.2 Å². The third kappa shape index (κ3) is 4.63. The molecule has 0 spiro atoms. The third-order valence-corrected chi connectivity index (χ3v) is 4.45. The van der Waals surface area contributed by atoms with Gasteiger partial charge in [0.15, 0.2) is 5.82 Å². The summed E-state index contributed by atoms with van der Waals surface area (Å²) in [6.45, 7) is -1.58. The summed E-state index contributed by atoms with van der Waals surface area (Å²) >= 11 is 1.26. The van der Waals surface area contributed by atoms with Crippen molar-refractivity contribution in [1.29, 1.82) is 0 Å². The highest BCUT2D eigenvalue weighted by Gasteiger charge is 2.29. The minimum absolute atomic E-state index is 0.000996. The molecule has 0 atom stereocenters. The predicted octanol–water partition coefficient (Wildman–Crippen LogP) is 1.93. The van der Waals surface area contributed by atoms with Crippen LogP contribution in [-0.4, -0.2) is 45.7 Å². The number of amides is 2. The summed E-state index contributed by atoms with van der Waals surface area (Å²) in [5.74, 6) is -2.78. The molecule has 2 aromatic heterocycles. The van der Waals surface area contributed by atoms with Gasteiger partial charge in [-0.1, -0.05) is 12.1 Å². The lowest BCUT2D eigenvalue weighted by molar-refractivity contribution is -0.146. The summed E-state index contributed by atoms with van der Waals surface area (Å²) in [5.41, 5.74) is 0.894. The minimum Gasteiger partial charge on any atom is -0.347 e. The fourth-order valence-electron chi connectivity index (χ4n) is 2.30. The molecule has 12 heteroatoms. The Morgan fingerprint density at radius 3 is 2.57 bits per heavy atom. The first-order chi connectivity index (χ1) is 13.2. The number of hydrogen-bond donors (Lipinski definition) is 2. The molecule has 0 unspecified atom stereocenters. The lowest BCUT2D eigenvalue weighted by Gasteiger charge is -2.08. The molecule has 2 heterocycles. The van der Waals surface area contributed by atoms with Crippen LogP contribution >= 0.6 is 11.3 Å². The smallest absolute Gasteiger partial charge is 0.347 e. The Labute approximate surface area is 159 Å². The first-order valence-corrected chi connectivity index (χ1v) is 8.83. The van der Waals surface area contributed by atoms with E-state index in [0.717, 1.165) is 0 Å². The summed E-state index contributed by atoms with van der Waals surface area (Å²) in [6, 6.07) is 6.06. The highest BCUT2D eigenvalue weighted by Crippen LogP contribution is 2.23. The molecule has 0 saturated heterocycles. The van der Waals surface area contributed by atoms with Crippen LogP contribution in [0.5, 0.6) is 0 Å². The molecule has 0 saturated carbocycles. The number of hydrogen-bond acceptors (Lipinski definition) is 5. The Morgan fingerprint density at radius 1 is 1.14 bits per heavy atom. The summed E-state index contributed by atoms with van der Waals surface area (Å²) in [6.07, 6.45) is -4.35. The summed E-state index contributed by atoms with van der Waals surface area (Å²) in [4.78, 5) is 27.6. The maximum Gasteiger partial charge on any atom is 0.405 e. The molecule has 2 amide bonds. The highest BCUT2D eigenvalue weighted by molar-refractivity contribution is 7.15. The molecule has 148 valence electrons. The molecule has 2 N–H and O–H groups in total. The molecule has 28 heavy (non-hydrogen) atoms. The van der Waals surface area contributed by atoms with Crippen LogP contribution in [0.2, 0.25) is 0 Å². The molecule has 0 aliphatic rings. The number of benzene rings is 1. The van der Waals surface area contributed by atoms with Gasteiger partial charge in [-0.3, -0.25) is 9.59 Å². The lowest BCUT2D eigenvalue weighted by Crippen LogP contribution is -2.44. The van der Waals surface area contributed by atoms with Gasteiger partial charge in [-0.25, -0.2) is 8.91 Å². The van der Waals surface area contributed by atoms with Crippen LogP contribution in [0.15, 0.2) is 29.6 Å². The Balaban J connectivity index is 1.60. The minimum atomic E-state index is -4.60. The normalized spacial score (nSPS) is 11.6. The number of halogens is 4. The number of carbonyl (C=O) groups excluding carboxylic acids is 2. The van der Waals surface area contributed by atoms with Crippen molar-refractivity contribution in [3.8, 4) is 11.4 Å². The second-order valence-corrected chi connectivity index (χ2v) is 6.48. The first kappa shape index (κ1) is 19.7. The first-order valence-electron chi connectivity index (χ1n) is 7.95. The van der Waals surface area contributed by atoms with E-state index in [0.29, 0.717) is 10.7 Å². The van der Waals surface area contributed by atoms with Gasteiger partial charge in [0.05, 0.1) is 11.3 Å². The average molecular weight is 415 g/mol. The van der Waals surface area contributed by atoms with Gasteiger partial charge in [-0.15, -0.1) is 16.4 Å². The second-order valence-electron chi connectivity index (χ2n) is 5.64. The number of nitrogens with zero attached hydrogens (tertiary/aromatic N) is 3. The summed E-state index contributed by atoms with van der Waals surface area (Å²) < 4.78 is 51.5. The molecule has 7 nitrogen and oxygen atoms in total. The van der Waals surface area contributed by atoms with Gasteiger partial charge >= 0.3 is 18.0 Å². The number of fused-ring (bicyclic) bond motifs is 1. The van der Waals surface area contributed by atoms with Gasteiger partial charge < -0.3 is 10.6 Å². The van der Waals surface area contributed by atoms with Crippen LogP contribution in [0.25, 0.3) is 16.3 Å². The van der Waals surface area contributed by atoms with E-state index in [1.54, 1.807) is 23.6 Å². The van der Waals surface area contributed by atoms with Gasteiger partial charge in [0.1, 0.15) is 12.4 Å². The van der Waals surface area contributed by atoms with E-state index in [1.165, 1.54) is 27.2 Å². The SMILES string of the molecule is O=C(NCCc1csc2nc(-c3ccccc3F)nn12)C(=O)NCC(F)(F)F. The highest BCUT2D eigenvalue weighted by atomic mass is 32.1. The van der Waals surface area contributed by atoms with Crippen molar-refractivity contribution in [1.82, 2.24) is 25.2 Å². The van der Waals surface area contributed by atoms with E-state index in [1.807, 2.05) is 0 Å². The quantitative estimate of drug-likeness (QED) is 0.493. The van der Waals surface area contributed by atoms with Crippen molar-refractivity contribution in [2.24, 2.45) is 0 Å². The molecule has 3 rings (SSSR count). The van der Waals surface area contributed by atoms with Gasteiger partial charge in [-0.05, 0) is 12.1 Å². The standard InChI is InChI=1S/C16H13F4N5O2S/c17-11-4-2-1-3-10(11)12-23-15-25(24-12)9(7-28-15)5-6-21-13(26)14(27)22-8-16(18,19)20/h1-4,7H,5-6,8H2,(H,21,26)(H,22,27). The van der Waals surface area contributed by atoms with Crippen LogP contribution in [-0.2, 0) is 16.0 Å². The van der Waals surface area contributed by atoms with E-state index in [2.05, 4.69) is 15.4 Å². The zero-order chi connectivity index (χ0) is 20.3. The number of aromatic nitrogens is 3. The zero-order valence-electron chi connectivity index (χ0n) is 14.1. The largest absolute Gasteiger partial charge is 0.405 e. The van der Waals surface area contributed by atoms with Crippen molar-refractivity contribution in [3.05, 3.63) is 41.2 Å². The second kappa shape index (κ2) is 7.92. The van der Waals surface area contributed by atoms with Crippen LogP contribution in [0.3, 0.4) is 0 Å². The van der Waals surface area contributed by atoms with Crippen molar-refractivity contribution < 1.29 is 27.2 Å². The van der Waals surface area contributed by atoms with Crippen molar-refractivity contribution >= 4 is 28.1 Å². The molecule has 0 fully saturated rings. The topological polar surface area (TPSA) is 88.4 Å². The number of alkyl halides is 3. The molecule has 3 aromatic rings. The Hall–Kier alpha value is -3.02. The number of carbonyl (C=O) groups is 2. The molecule has 0 radical (unpaired) electrons. The molecular weight excluding hydrogens is 402 g/mol. The fourth-order valence-corrected chi connectivity index (χ4v) is 3.15. The molecule has 0 bridgehead atoms. The van der Waals surface area contributed by atoms with Crippen LogP contribution < -0.4 is 10.6 Å². The summed E-state index contributed by atoms with van der Waals surface area (Å²) in [5, 5.41) is 9.70. The van der Waals surface area contributed by atoms with Crippen LogP contribution in [0.1, 0.15) is 5.69 Å². The maximum atomic E-state index is 13.9. The van der Waals surface area contributed by atoms with Gasteiger partial charge in [0.2, 0.25) is 4.96 Å². The molecule has 0 aliphatic heterocycles. The number of nitrogens with one attached hydrogen (secondary N) is 2. The number of rotatable bonds is 5. The fraction of sp³-hybridized carbons (Fsp3) is 0.250. The van der Waals surface area contributed by atoms with Crippen molar-refractivity contribution in [3.63, 3.8) is 0 Å². The van der Waals surface area contributed by atoms with Crippen molar-refractivity contribution in [2.75, 3.05) is 13.1 Å².